The van der Waals surface area contributed by atoms with Gasteiger partial charge in [0.15, 0.2) is 0 Å². The van der Waals surface area contributed by atoms with E-state index in [4.69, 9.17) is 10.2 Å². The summed E-state index contributed by atoms with van der Waals surface area (Å²) in [5.41, 5.74) is 0. The molecule has 4 heteroatoms. The van der Waals surface area contributed by atoms with Crippen LogP contribution in [0.3, 0.4) is 0 Å². The second kappa shape index (κ2) is 7.26. The number of unbranched alkanes of at least 4 members (excludes halogenated alkanes) is 1. The zero-order valence-electron chi connectivity index (χ0n) is 9.40. The van der Waals surface area contributed by atoms with Gasteiger partial charge >= 0.3 is 11.9 Å². The fraction of sp³-hybridized carbons (Fsp3) is 0.818. The third kappa shape index (κ3) is 6.94. The Morgan fingerprint density at radius 1 is 1.27 bits per heavy atom. The molecule has 0 fully saturated rings. The lowest BCUT2D eigenvalue weighted by molar-refractivity contribution is -0.148. The summed E-state index contributed by atoms with van der Waals surface area (Å²) < 4.78 is 0. The maximum absolute atomic E-state index is 10.8. The SMILES string of the molecule is CCCC[C@@H](C)C[C@@H](CC(=O)O)C(=O)O. The predicted molar refractivity (Wildman–Crippen MR) is 56.7 cm³/mol. The molecule has 0 spiro atoms. The van der Waals surface area contributed by atoms with E-state index in [0.717, 1.165) is 19.3 Å². The Kier molecular flexibility index (Phi) is 6.75. The van der Waals surface area contributed by atoms with E-state index in [1.807, 2.05) is 6.92 Å². The zero-order valence-corrected chi connectivity index (χ0v) is 9.40. The van der Waals surface area contributed by atoms with Crippen LogP contribution >= 0.6 is 0 Å². The van der Waals surface area contributed by atoms with Crippen molar-refractivity contribution in [2.75, 3.05) is 0 Å². The molecule has 88 valence electrons. The van der Waals surface area contributed by atoms with E-state index in [-0.39, 0.29) is 12.3 Å². The largest absolute Gasteiger partial charge is 0.481 e. The Balaban J connectivity index is 4.04. The molecule has 0 aliphatic carbocycles. The van der Waals surface area contributed by atoms with Gasteiger partial charge in [-0.15, -0.1) is 0 Å². The van der Waals surface area contributed by atoms with Crippen molar-refractivity contribution in [2.24, 2.45) is 11.8 Å². The van der Waals surface area contributed by atoms with E-state index in [9.17, 15) is 9.59 Å². The minimum absolute atomic E-state index is 0.272. The van der Waals surface area contributed by atoms with Gasteiger partial charge in [0.25, 0.3) is 0 Å². The van der Waals surface area contributed by atoms with Crippen molar-refractivity contribution in [1.29, 1.82) is 0 Å². The van der Waals surface area contributed by atoms with Gasteiger partial charge in [-0.3, -0.25) is 9.59 Å². The van der Waals surface area contributed by atoms with Crippen molar-refractivity contribution in [3.63, 3.8) is 0 Å². The summed E-state index contributed by atoms with van der Waals surface area (Å²) in [6, 6.07) is 0. The number of carbonyl (C=O) groups is 2. The van der Waals surface area contributed by atoms with Crippen LogP contribution in [-0.4, -0.2) is 22.2 Å². The smallest absolute Gasteiger partial charge is 0.307 e. The molecule has 0 aromatic heterocycles. The number of rotatable bonds is 8. The maximum Gasteiger partial charge on any atom is 0.307 e. The van der Waals surface area contributed by atoms with Crippen LogP contribution in [0, 0.1) is 11.8 Å². The number of hydrogen-bond acceptors (Lipinski definition) is 2. The van der Waals surface area contributed by atoms with E-state index in [1.54, 1.807) is 0 Å². The lowest BCUT2D eigenvalue weighted by atomic mass is 9.90. The van der Waals surface area contributed by atoms with Gasteiger partial charge in [-0.25, -0.2) is 0 Å². The maximum atomic E-state index is 10.8. The third-order valence-corrected chi connectivity index (χ3v) is 2.51. The Bertz CT molecular complexity index is 213. The van der Waals surface area contributed by atoms with Crippen molar-refractivity contribution in [2.45, 2.75) is 46.0 Å². The van der Waals surface area contributed by atoms with Crippen LogP contribution in [0.25, 0.3) is 0 Å². The van der Waals surface area contributed by atoms with E-state index in [1.165, 1.54) is 0 Å². The standard InChI is InChI=1S/C11H20O4/c1-3-4-5-8(2)6-9(11(14)15)7-10(12)13/h8-9H,3-7H2,1-2H3,(H,12,13)(H,14,15)/t8-,9+/m1/s1. The van der Waals surface area contributed by atoms with Crippen LogP contribution < -0.4 is 0 Å². The number of carboxylic acid groups (broad SMARTS) is 2. The molecular formula is C11H20O4. The van der Waals surface area contributed by atoms with Crippen molar-refractivity contribution in [1.82, 2.24) is 0 Å². The molecule has 0 saturated carbocycles. The summed E-state index contributed by atoms with van der Waals surface area (Å²) in [5.74, 6) is -2.49. The molecule has 0 unspecified atom stereocenters. The molecule has 0 aromatic carbocycles. The first-order valence-corrected chi connectivity index (χ1v) is 5.42. The predicted octanol–water partition coefficient (Wildman–Crippen LogP) is 2.38. The fourth-order valence-electron chi connectivity index (χ4n) is 1.64. The third-order valence-electron chi connectivity index (χ3n) is 2.51. The second-order valence-electron chi connectivity index (χ2n) is 4.12. The van der Waals surface area contributed by atoms with Gasteiger partial charge in [0.2, 0.25) is 0 Å². The summed E-state index contributed by atoms with van der Waals surface area (Å²) in [6.45, 7) is 4.06. The first kappa shape index (κ1) is 13.9. The summed E-state index contributed by atoms with van der Waals surface area (Å²) in [6.07, 6.45) is 3.31. The van der Waals surface area contributed by atoms with Gasteiger partial charge in [0.1, 0.15) is 0 Å². The van der Waals surface area contributed by atoms with Crippen LogP contribution in [0.5, 0.6) is 0 Å². The van der Waals surface area contributed by atoms with Crippen LogP contribution in [0.1, 0.15) is 46.0 Å². The van der Waals surface area contributed by atoms with Gasteiger partial charge in [-0.2, -0.15) is 0 Å². The van der Waals surface area contributed by atoms with E-state index in [0.29, 0.717) is 6.42 Å². The molecule has 15 heavy (non-hydrogen) atoms. The first-order chi connectivity index (χ1) is 6.97. The van der Waals surface area contributed by atoms with Gasteiger partial charge in [0.05, 0.1) is 12.3 Å². The van der Waals surface area contributed by atoms with Gasteiger partial charge in [-0.05, 0) is 12.3 Å². The summed E-state index contributed by atoms with van der Waals surface area (Å²) in [5, 5.41) is 17.4. The fourth-order valence-corrected chi connectivity index (χ4v) is 1.64. The Hall–Kier alpha value is -1.06. The monoisotopic (exact) mass is 216 g/mol. The number of hydrogen-bond donors (Lipinski definition) is 2. The van der Waals surface area contributed by atoms with Crippen LogP contribution in [0.4, 0.5) is 0 Å². The highest BCUT2D eigenvalue weighted by molar-refractivity contribution is 5.77. The van der Waals surface area contributed by atoms with Crippen LogP contribution in [0.15, 0.2) is 0 Å². The highest BCUT2D eigenvalue weighted by Gasteiger charge is 2.22. The minimum Gasteiger partial charge on any atom is -0.481 e. The van der Waals surface area contributed by atoms with E-state index >= 15 is 0 Å². The zero-order chi connectivity index (χ0) is 11.8. The molecule has 4 nitrogen and oxygen atoms in total. The molecule has 0 amide bonds. The molecule has 0 aliphatic heterocycles. The molecule has 0 rings (SSSR count). The Morgan fingerprint density at radius 3 is 2.27 bits per heavy atom. The summed E-state index contributed by atoms with van der Waals surface area (Å²) >= 11 is 0. The molecule has 0 radical (unpaired) electrons. The van der Waals surface area contributed by atoms with Crippen molar-refractivity contribution < 1.29 is 19.8 Å². The molecular weight excluding hydrogens is 196 g/mol. The van der Waals surface area contributed by atoms with Crippen molar-refractivity contribution >= 4 is 11.9 Å². The van der Waals surface area contributed by atoms with Crippen molar-refractivity contribution in [3.05, 3.63) is 0 Å². The quantitative estimate of drug-likeness (QED) is 0.653. The summed E-state index contributed by atoms with van der Waals surface area (Å²) in [7, 11) is 0. The molecule has 0 bridgehead atoms. The molecule has 0 aromatic rings. The molecule has 2 atom stereocenters. The highest BCUT2D eigenvalue weighted by Crippen LogP contribution is 2.20. The normalized spacial score (nSPS) is 14.5. The van der Waals surface area contributed by atoms with Gasteiger partial charge in [-0.1, -0.05) is 33.1 Å². The van der Waals surface area contributed by atoms with Gasteiger partial charge in [0, 0.05) is 0 Å². The highest BCUT2D eigenvalue weighted by atomic mass is 16.4. The summed E-state index contributed by atoms with van der Waals surface area (Å²) in [4.78, 5) is 21.2. The lowest BCUT2D eigenvalue weighted by Crippen LogP contribution is -2.20. The average molecular weight is 216 g/mol. The van der Waals surface area contributed by atoms with Crippen molar-refractivity contribution in [3.8, 4) is 0 Å². The Morgan fingerprint density at radius 2 is 1.87 bits per heavy atom. The molecule has 2 N–H and O–H groups in total. The molecule has 0 heterocycles. The molecule has 0 saturated heterocycles. The topological polar surface area (TPSA) is 74.6 Å². The number of aliphatic carboxylic acids is 2. The van der Waals surface area contributed by atoms with E-state index < -0.39 is 17.9 Å². The van der Waals surface area contributed by atoms with Gasteiger partial charge < -0.3 is 10.2 Å². The molecule has 0 aliphatic rings. The minimum atomic E-state index is -1.04. The Labute approximate surface area is 90.3 Å². The average Bonchev–Trinajstić information content (AvgIpc) is 2.12. The van der Waals surface area contributed by atoms with Crippen LogP contribution in [0.2, 0.25) is 0 Å². The second-order valence-corrected chi connectivity index (χ2v) is 4.12. The lowest BCUT2D eigenvalue weighted by Gasteiger charge is -2.15. The van der Waals surface area contributed by atoms with Crippen LogP contribution in [-0.2, 0) is 9.59 Å². The first-order valence-electron chi connectivity index (χ1n) is 5.42. The number of carboxylic acids is 2. The van der Waals surface area contributed by atoms with E-state index in [2.05, 4.69) is 6.92 Å².